The van der Waals surface area contributed by atoms with Gasteiger partial charge in [0.25, 0.3) is 0 Å². The molecule has 2 rings (SSSR count). The number of methoxy groups -OCH3 is 1. The fourth-order valence-corrected chi connectivity index (χ4v) is 2.99. The van der Waals surface area contributed by atoms with Crippen molar-refractivity contribution in [1.29, 1.82) is 0 Å². The van der Waals surface area contributed by atoms with Gasteiger partial charge in [-0.1, -0.05) is 24.3 Å². The van der Waals surface area contributed by atoms with Crippen LogP contribution >= 0.6 is 0 Å². The average Bonchev–Trinajstić information content (AvgIpc) is 3.06. The molecule has 140 valence electrons. The number of nitrogens with one attached hydrogen (secondary N) is 1. The van der Waals surface area contributed by atoms with Gasteiger partial charge in [0.15, 0.2) is 5.96 Å². The number of nitrogens with zero attached hydrogens (tertiary/aromatic N) is 2. The molecule has 1 N–H and O–H groups in total. The molecule has 0 spiro atoms. The maximum absolute atomic E-state index is 5.64. The molecule has 1 unspecified atom stereocenters. The molecule has 1 fully saturated rings. The third kappa shape index (κ3) is 6.67. The molecule has 5 nitrogen and oxygen atoms in total. The Morgan fingerprint density at radius 1 is 1.28 bits per heavy atom. The van der Waals surface area contributed by atoms with E-state index >= 15 is 0 Å². The van der Waals surface area contributed by atoms with E-state index in [4.69, 9.17) is 14.5 Å². The van der Waals surface area contributed by atoms with Crippen LogP contribution in [0.15, 0.2) is 29.3 Å². The normalized spacial score (nSPS) is 18.2. The Morgan fingerprint density at radius 2 is 2.00 bits per heavy atom. The lowest BCUT2D eigenvalue weighted by atomic mass is 10.1. The predicted molar refractivity (Wildman–Crippen MR) is 103 cm³/mol. The molecule has 1 aromatic rings. The minimum absolute atomic E-state index is 0.259. The van der Waals surface area contributed by atoms with E-state index in [9.17, 15) is 0 Å². The van der Waals surface area contributed by atoms with Gasteiger partial charge < -0.3 is 19.7 Å². The van der Waals surface area contributed by atoms with E-state index in [1.54, 1.807) is 7.11 Å². The Kier molecular flexibility index (Phi) is 8.22. The Labute approximate surface area is 152 Å². The maximum Gasteiger partial charge on any atom is 0.194 e. The third-order valence-electron chi connectivity index (χ3n) is 4.34. The van der Waals surface area contributed by atoms with Crippen LogP contribution in [0.25, 0.3) is 0 Å². The summed E-state index contributed by atoms with van der Waals surface area (Å²) in [4.78, 5) is 7.17. The van der Waals surface area contributed by atoms with Crippen molar-refractivity contribution in [3.8, 4) is 0 Å². The van der Waals surface area contributed by atoms with E-state index in [0.29, 0.717) is 19.1 Å². The highest BCUT2D eigenvalue weighted by atomic mass is 16.5. The molecule has 0 bridgehead atoms. The first-order chi connectivity index (χ1) is 12.1. The molecule has 0 aromatic heterocycles. The first-order valence-electron chi connectivity index (χ1n) is 9.34. The van der Waals surface area contributed by atoms with Gasteiger partial charge in [-0.3, -0.25) is 0 Å². The fourth-order valence-electron chi connectivity index (χ4n) is 2.99. The van der Waals surface area contributed by atoms with Crippen molar-refractivity contribution in [3.63, 3.8) is 0 Å². The van der Waals surface area contributed by atoms with E-state index in [-0.39, 0.29) is 6.10 Å². The third-order valence-corrected chi connectivity index (χ3v) is 4.34. The SMILES string of the molecule is CCNC(=NCc1ccc(COC(C)C)cc1)N1CCC(COC)C1. The van der Waals surface area contributed by atoms with Gasteiger partial charge in [-0.2, -0.15) is 0 Å². The van der Waals surface area contributed by atoms with E-state index in [1.807, 2.05) is 0 Å². The Bertz CT molecular complexity index is 528. The highest BCUT2D eigenvalue weighted by Crippen LogP contribution is 2.17. The summed E-state index contributed by atoms with van der Waals surface area (Å²) in [6, 6.07) is 8.54. The van der Waals surface area contributed by atoms with Gasteiger partial charge >= 0.3 is 0 Å². The van der Waals surface area contributed by atoms with Crippen LogP contribution in [0.1, 0.15) is 38.3 Å². The lowest BCUT2D eigenvalue weighted by molar-refractivity contribution is 0.0657. The minimum atomic E-state index is 0.259. The number of benzene rings is 1. The molecule has 1 saturated heterocycles. The summed E-state index contributed by atoms with van der Waals surface area (Å²) >= 11 is 0. The van der Waals surface area contributed by atoms with E-state index in [0.717, 1.165) is 32.2 Å². The lowest BCUT2D eigenvalue weighted by Gasteiger charge is -2.21. The molecule has 5 heteroatoms. The molecule has 1 atom stereocenters. The average molecular weight is 348 g/mol. The van der Waals surface area contributed by atoms with Gasteiger partial charge in [0, 0.05) is 32.7 Å². The van der Waals surface area contributed by atoms with Crippen LogP contribution in [0.3, 0.4) is 0 Å². The highest BCUT2D eigenvalue weighted by Gasteiger charge is 2.24. The van der Waals surface area contributed by atoms with E-state index < -0.39 is 0 Å². The van der Waals surface area contributed by atoms with E-state index in [2.05, 4.69) is 55.3 Å². The van der Waals surface area contributed by atoms with Gasteiger partial charge in [0.05, 0.1) is 25.9 Å². The molecule has 0 aliphatic carbocycles. The predicted octanol–water partition coefficient (Wildman–Crippen LogP) is 3.05. The van der Waals surface area contributed by atoms with Crippen LogP contribution < -0.4 is 5.32 Å². The summed E-state index contributed by atoms with van der Waals surface area (Å²) in [5, 5.41) is 3.42. The minimum Gasteiger partial charge on any atom is -0.384 e. The summed E-state index contributed by atoms with van der Waals surface area (Å²) in [6.45, 7) is 11.4. The highest BCUT2D eigenvalue weighted by molar-refractivity contribution is 5.80. The zero-order valence-corrected chi connectivity index (χ0v) is 16.1. The summed E-state index contributed by atoms with van der Waals surface area (Å²) in [5.74, 6) is 1.61. The molecule has 1 heterocycles. The molecule has 1 aliphatic rings. The van der Waals surface area contributed by atoms with Crippen molar-refractivity contribution in [3.05, 3.63) is 35.4 Å². The summed E-state index contributed by atoms with van der Waals surface area (Å²) in [5.41, 5.74) is 2.42. The van der Waals surface area contributed by atoms with Crippen LogP contribution in [0.5, 0.6) is 0 Å². The molecular formula is C20H33N3O2. The second-order valence-electron chi connectivity index (χ2n) is 6.90. The van der Waals surface area contributed by atoms with Crippen molar-refractivity contribution in [2.75, 3.05) is 33.4 Å². The number of guanidine groups is 1. The zero-order chi connectivity index (χ0) is 18.1. The molecule has 1 aliphatic heterocycles. The second kappa shape index (κ2) is 10.4. The largest absolute Gasteiger partial charge is 0.384 e. The smallest absolute Gasteiger partial charge is 0.194 e. The molecule has 1 aromatic carbocycles. The monoisotopic (exact) mass is 347 g/mol. The quantitative estimate of drug-likeness (QED) is 0.580. The Balaban J connectivity index is 1.92. The Hall–Kier alpha value is -1.59. The summed E-state index contributed by atoms with van der Waals surface area (Å²) in [6.07, 6.45) is 1.43. The van der Waals surface area contributed by atoms with Gasteiger partial charge in [-0.25, -0.2) is 4.99 Å². The van der Waals surface area contributed by atoms with Crippen LogP contribution in [-0.4, -0.2) is 50.3 Å². The summed E-state index contributed by atoms with van der Waals surface area (Å²) in [7, 11) is 1.78. The van der Waals surface area contributed by atoms with Crippen LogP contribution in [0.2, 0.25) is 0 Å². The topological polar surface area (TPSA) is 46.1 Å². The molecular weight excluding hydrogens is 314 g/mol. The lowest BCUT2D eigenvalue weighted by Crippen LogP contribution is -2.40. The van der Waals surface area contributed by atoms with Crippen LogP contribution in [-0.2, 0) is 22.6 Å². The number of aliphatic imine (C=N–C) groups is 1. The van der Waals surface area contributed by atoms with Crippen LogP contribution in [0, 0.1) is 5.92 Å². The first kappa shape index (κ1) is 19.7. The van der Waals surface area contributed by atoms with Crippen molar-refractivity contribution < 1.29 is 9.47 Å². The van der Waals surface area contributed by atoms with Crippen LogP contribution in [0.4, 0.5) is 0 Å². The molecule has 0 amide bonds. The van der Waals surface area contributed by atoms with Crippen molar-refractivity contribution >= 4 is 5.96 Å². The van der Waals surface area contributed by atoms with Crippen molar-refractivity contribution in [2.45, 2.75) is 46.4 Å². The van der Waals surface area contributed by atoms with Crippen molar-refractivity contribution in [2.24, 2.45) is 10.9 Å². The summed E-state index contributed by atoms with van der Waals surface area (Å²) < 4.78 is 10.9. The standard InChI is InChI=1S/C20H33N3O2/c1-5-21-20(23-11-10-19(13-23)14-24-4)22-12-17-6-8-18(9-7-17)15-25-16(2)3/h6-9,16,19H,5,10-15H2,1-4H3,(H,21,22). The number of likely N-dealkylation sites (tertiary alicyclic amines) is 1. The fraction of sp³-hybridized carbons (Fsp3) is 0.650. The number of rotatable bonds is 8. The molecule has 25 heavy (non-hydrogen) atoms. The van der Waals surface area contributed by atoms with E-state index in [1.165, 1.54) is 17.5 Å². The van der Waals surface area contributed by atoms with Crippen molar-refractivity contribution in [1.82, 2.24) is 10.2 Å². The molecule has 0 radical (unpaired) electrons. The van der Waals surface area contributed by atoms with Gasteiger partial charge in [-0.05, 0) is 38.3 Å². The van der Waals surface area contributed by atoms with Gasteiger partial charge in [-0.15, -0.1) is 0 Å². The van der Waals surface area contributed by atoms with Gasteiger partial charge in [0.2, 0.25) is 0 Å². The Morgan fingerprint density at radius 3 is 2.64 bits per heavy atom. The van der Waals surface area contributed by atoms with Gasteiger partial charge in [0.1, 0.15) is 0 Å². The molecule has 0 saturated carbocycles. The number of ether oxygens (including phenoxy) is 2. The second-order valence-corrected chi connectivity index (χ2v) is 6.90. The number of hydrogen-bond acceptors (Lipinski definition) is 3. The first-order valence-corrected chi connectivity index (χ1v) is 9.34. The zero-order valence-electron chi connectivity index (χ0n) is 16.1. The maximum atomic E-state index is 5.64. The number of hydrogen-bond donors (Lipinski definition) is 1.